The molecule has 1 atom stereocenters. The number of nitrogens with one attached hydrogen (secondary N) is 1. The highest BCUT2D eigenvalue weighted by atomic mass is 32.2. The second kappa shape index (κ2) is 9.96. The molecule has 1 heterocycles. The van der Waals surface area contributed by atoms with Crippen molar-refractivity contribution >= 4 is 39.0 Å². The zero-order valence-corrected chi connectivity index (χ0v) is 18.7. The maximum Gasteiger partial charge on any atom is 0.338 e. The van der Waals surface area contributed by atoms with Gasteiger partial charge in [-0.25, -0.2) is 18.4 Å². The smallest absolute Gasteiger partial charge is 0.338 e. The van der Waals surface area contributed by atoms with Gasteiger partial charge >= 0.3 is 5.97 Å². The van der Waals surface area contributed by atoms with Gasteiger partial charge in [-0.05, 0) is 55.2 Å². The molecule has 3 rings (SSSR count). The van der Waals surface area contributed by atoms with Crippen molar-refractivity contribution in [3.63, 3.8) is 0 Å². The van der Waals surface area contributed by atoms with Crippen LogP contribution in [0.1, 0.15) is 30.1 Å². The number of benzene rings is 2. The van der Waals surface area contributed by atoms with Crippen molar-refractivity contribution in [3.8, 4) is 0 Å². The molecule has 0 bridgehead atoms. The fourth-order valence-corrected chi connectivity index (χ4v) is 4.13. The van der Waals surface area contributed by atoms with Crippen LogP contribution in [0.5, 0.6) is 0 Å². The van der Waals surface area contributed by atoms with Crippen LogP contribution in [-0.2, 0) is 19.6 Å². The number of esters is 1. The molecular weight excluding hydrogens is 452 g/mol. The van der Waals surface area contributed by atoms with Gasteiger partial charge in [-0.1, -0.05) is 6.92 Å². The maximum atomic E-state index is 12.4. The Kier molecular flexibility index (Phi) is 7.29. The Balaban J connectivity index is 1.63. The molecule has 1 aliphatic rings. The number of nitrogens with zero attached hydrogens (tertiary/aromatic N) is 2. The van der Waals surface area contributed by atoms with E-state index < -0.39 is 33.4 Å². The number of rotatable bonds is 7. The molecule has 3 N–H and O–H groups in total. The van der Waals surface area contributed by atoms with Gasteiger partial charge < -0.3 is 15.0 Å². The average Bonchev–Trinajstić information content (AvgIpc) is 2.76. The molecule has 11 nitrogen and oxygen atoms in total. The molecule has 33 heavy (non-hydrogen) atoms. The van der Waals surface area contributed by atoms with Crippen LogP contribution in [0.4, 0.5) is 17.1 Å². The highest BCUT2D eigenvalue weighted by Gasteiger charge is 2.25. The van der Waals surface area contributed by atoms with Crippen molar-refractivity contribution in [2.75, 3.05) is 29.9 Å². The minimum atomic E-state index is -3.86. The fraction of sp³-hybridized carbons (Fsp3) is 0.333. The van der Waals surface area contributed by atoms with Crippen LogP contribution in [0, 0.1) is 16.0 Å². The molecule has 1 fully saturated rings. The summed E-state index contributed by atoms with van der Waals surface area (Å²) in [5.41, 5.74) is 0.488. The molecule has 0 spiro atoms. The van der Waals surface area contributed by atoms with Crippen molar-refractivity contribution in [3.05, 3.63) is 58.1 Å². The lowest BCUT2D eigenvalue weighted by molar-refractivity contribution is -0.384. The summed E-state index contributed by atoms with van der Waals surface area (Å²) in [6.45, 7) is 2.86. The van der Waals surface area contributed by atoms with Crippen molar-refractivity contribution in [1.29, 1.82) is 0 Å². The zero-order valence-electron chi connectivity index (χ0n) is 17.9. The predicted octanol–water partition coefficient (Wildman–Crippen LogP) is 2.27. The van der Waals surface area contributed by atoms with Gasteiger partial charge in [0.15, 0.2) is 6.61 Å². The largest absolute Gasteiger partial charge is 0.452 e. The minimum Gasteiger partial charge on any atom is -0.452 e. The molecular formula is C21H24N4O7S. The van der Waals surface area contributed by atoms with Crippen LogP contribution in [0.2, 0.25) is 0 Å². The van der Waals surface area contributed by atoms with E-state index in [0.717, 1.165) is 18.9 Å². The van der Waals surface area contributed by atoms with Gasteiger partial charge in [-0.15, -0.1) is 0 Å². The van der Waals surface area contributed by atoms with Crippen LogP contribution >= 0.6 is 0 Å². The van der Waals surface area contributed by atoms with E-state index in [1.807, 2.05) is 4.90 Å². The molecule has 0 aliphatic carbocycles. The Labute approximate surface area is 190 Å². The van der Waals surface area contributed by atoms with E-state index in [4.69, 9.17) is 9.88 Å². The van der Waals surface area contributed by atoms with Crippen molar-refractivity contribution in [1.82, 2.24) is 0 Å². The first kappa shape index (κ1) is 24.1. The van der Waals surface area contributed by atoms with Gasteiger partial charge in [0.2, 0.25) is 10.0 Å². The lowest BCUT2D eigenvalue weighted by Crippen LogP contribution is -2.34. The Morgan fingerprint density at radius 2 is 1.94 bits per heavy atom. The van der Waals surface area contributed by atoms with Gasteiger partial charge in [0.05, 0.1) is 15.4 Å². The maximum absolute atomic E-state index is 12.4. The SMILES string of the molecule is CC1CCCN(c2ccc(C(=O)OCC(=O)Nc3ccc(S(N)(=O)=O)cc3)cc2[N+](=O)[O-])C1. The topological polar surface area (TPSA) is 162 Å². The first-order valence-electron chi connectivity index (χ1n) is 10.2. The monoisotopic (exact) mass is 476 g/mol. The highest BCUT2D eigenvalue weighted by Crippen LogP contribution is 2.32. The molecule has 2 aromatic carbocycles. The number of carbonyl (C=O) groups excluding carboxylic acids is 2. The summed E-state index contributed by atoms with van der Waals surface area (Å²) < 4.78 is 27.5. The Bertz CT molecular complexity index is 1170. The molecule has 12 heteroatoms. The summed E-state index contributed by atoms with van der Waals surface area (Å²) in [6, 6.07) is 9.24. The highest BCUT2D eigenvalue weighted by molar-refractivity contribution is 7.89. The molecule has 1 amide bonds. The number of amides is 1. The summed E-state index contributed by atoms with van der Waals surface area (Å²) in [6.07, 6.45) is 2.00. The summed E-state index contributed by atoms with van der Waals surface area (Å²) in [5.74, 6) is -1.13. The summed E-state index contributed by atoms with van der Waals surface area (Å²) in [4.78, 5) is 37.3. The van der Waals surface area contributed by atoms with E-state index in [1.54, 1.807) is 0 Å². The number of primary sulfonamides is 1. The number of anilines is 2. The standard InChI is InChI=1S/C21H24N4O7S/c1-14-3-2-10-24(12-14)18-9-4-15(11-19(18)25(28)29)21(27)32-13-20(26)23-16-5-7-17(8-6-16)33(22,30)31/h4-9,11,14H,2-3,10,12-13H2,1H3,(H,23,26)(H2,22,30,31). The lowest BCUT2D eigenvalue weighted by Gasteiger charge is -2.32. The van der Waals surface area contributed by atoms with E-state index >= 15 is 0 Å². The summed E-state index contributed by atoms with van der Waals surface area (Å²) in [5, 5.41) is 19.1. The van der Waals surface area contributed by atoms with Crippen molar-refractivity contribution in [2.45, 2.75) is 24.7 Å². The molecule has 176 valence electrons. The number of piperidine rings is 1. The quantitative estimate of drug-likeness (QED) is 0.349. The van der Waals surface area contributed by atoms with Crippen LogP contribution in [-0.4, -0.2) is 44.9 Å². The number of carbonyl (C=O) groups is 2. The lowest BCUT2D eigenvalue weighted by atomic mass is 9.99. The number of hydrogen-bond donors (Lipinski definition) is 2. The van der Waals surface area contributed by atoms with Crippen molar-refractivity contribution < 1.29 is 27.7 Å². The number of nitro benzene ring substituents is 1. The Hall–Kier alpha value is -3.51. The van der Waals surface area contributed by atoms with Crippen LogP contribution in [0.25, 0.3) is 0 Å². The van der Waals surface area contributed by atoms with Gasteiger partial charge in [0, 0.05) is 24.8 Å². The van der Waals surface area contributed by atoms with Gasteiger partial charge in [-0.2, -0.15) is 0 Å². The van der Waals surface area contributed by atoms with Crippen LogP contribution in [0.15, 0.2) is 47.4 Å². The second-order valence-corrected chi connectivity index (χ2v) is 9.41. The van der Waals surface area contributed by atoms with E-state index in [1.165, 1.54) is 36.4 Å². The third kappa shape index (κ3) is 6.26. The Morgan fingerprint density at radius 3 is 2.55 bits per heavy atom. The van der Waals surface area contributed by atoms with Crippen molar-refractivity contribution in [2.24, 2.45) is 11.1 Å². The molecule has 0 radical (unpaired) electrons. The van der Waals surface area contributed by atoms with E-state index in [2.05, 4.69) is 12.2 Å². The summed E-state index contributed by atoms with van der Waals surface area (Å²) in [7, 11) is -3.86. The fourth-order valence-electron chi connectivity index (χ4n) is 3.61. The van der Waals surface area contributed by atoms with Crippen LogP contribution < -0.4 is 15.4 Å². The third-order valence-electron chi connectivity index (χ3n) is 5.21. The molecule has 2 aromatic rings. The molecule has 1 aliphatic heterocycles. The molecule has 1 saturated heterocycles. The van der Waals surface area contributed by atoms with E-state index in [-0.39, 0.29) is 21.8 Å². The number of nitrogens with two attached hydrogens (primary N) is 1. The average molecular weight is 477 g/mol. The molecule has 0 aromatic heterocycles. The molecule has 0 saturated carbocycles. The number of ether oxygens (including phenoxy) is 1. The predicted molar refractivity (Wildman–Crippen MR) is 120 cm³/mol. The molecule has 1 unspecified atom stereocenters. The first-order valence-corrected chi connectivity index (χ1v) is 11.7. The van der Waals surface area contributed by atoms with Gasteiger partial charge in [0.25, 0.3) is 11.6 Å². The zero-order chi connectivity index (χ0) is 24.2. The van der Waals surface area contributed by atoms with Gasteiger partial charge in [0.1, 0.15) is 5.69 Å². The van der Waals surface area contributed by atoms with E-state index in [9.17, 15) is 28.1 Å². The minimum absolute atomic E-state index is 0.0409. The van der Waals surface area contributed by atoms with E-state index in [0.29, 0.717) is 24.7 Å². The number of sulfonamides is 1. The normalized spacial score (nSPS) is 16.2. The van der Waals surface area contributed by atoms with Crippen LogP contribution in [0.3, 0.4) is 0 Å². The number of hydrogen-bond acceptors (Lipinski definition) is 8. The Morgan fingerprint density at radius 1 is 1.24 bits per heavy atom. The second-order valence-electron chi connectivity index (χ2n) is 7.85. The number of nitro groups is 1. The first-order chi connectivity index (χ1) is 15.5. The summed E-state index contributed by atoms with van der Waals surface area (Å²) >= 11 is 0. The van der Waals surface area contributed by atoms with Gasteiger partial charge in [-0.3, -0.25) is 14.9 Å². The third-order valence-corrected chi connectivity index (χ3v) is 6.14.